The number of carbonyl (C=O) groups excluding carboxylic acids is 3. The van der Waals surface area contributed by atoms with Crippen molar-refractivity contribution in [3.8, 4) is 0 Å². The summed E-state index contributed by atoms with van der Waals surface area (Å²) in [6.45, 7) is 2.64. The first-order valence-corrected chi connectivity index (χ1v) is 5.75. The van der Waals surface area contributed by atoms with E-state index in [0.29, 0.717) is 0 Å². The van der Waals surface area contributed by atoms with Gasteiger partial charge in [-0.15, -0.1) is 0 Å². The Morgan fingerprint density at radius 2 is 1.84 bits per heavy atom. The number of carbonyl (C=O) groups is 3. The summed E-state index contributed by atoms with van der Waals surface area (Å²) in [5, 5.41) is 2.09. The van der Waals surface area contributed by atoms with Crippen molar-refractivity contribution in [2.75, 3.05) is 0 Å². The van der Waals surface area contributed by atoms with Gasteiger partial charge in [0.05, 0.1) is 6.54 Å². The molecule has 0 bridgehead atoms. The molecular weight excluding hydrogens is 251 g/mol. The predicted octanol–water partition coefficient (Wildman–Crippen LogP) is 1.43. The molecule has 100 valence electrons. The average Bonchev–Trinajstić information content (AvgIpc) is 2.35. The minimum atomic E-state index is -1.33. The maximum Gasteiger partial charge on any atom is 0.331 e. The zero-order chi connectivity index (χ0) is 14.2. The van der Waals surface area contributed by atoms with Crippen molar-refractivity contribution in [3.63, 3.8) is 0 Å². The first-order chi connectivity index (χ1) is 8.84. The second-order valence-corrected chi connectivity index (χ2v) is 4.87. The molecule has 1 N–H and O–H groups in total. The number of nitrogens with zero attached hydrogens (tertiary/aromatic N) is 1. The van der Waals surface area contributed by atoms with Gasteiger partial charge >= 0.3 is 6.03 Å². The Kier molecular flexibility index (Phi) is 3.09. The van der Waals surface area contributed by atoms with E-state index >= 15 is 0 Å². The summed E-state index contributed by atoms with van der Waals surface area (Å²) in [6.07, 6.45) is 0. The molecule has 1 aromatic rings. The molecule has 0 spiro atoms. The third kappa shape index (κ3) is 2.21. The van der Waals surface area contributed by atoms with Crippen molar-refractivity contribution in [3.05, 3.63) is 35.6 Å². The van der Waals surface area contributed by atoms with E-state index in [-0.39, 0.29) is 12.1 Å². The molecule has 0 aliphatic carbocycles. The van der Waals surface area contributed by atoms with Crippen LogP contribution in [0.2, 0.25) is 0 Å². The van der Waals surface area contributed by atoms with E-state index in [1.165, 1.54) is 32.0 Å². The van der Waals surface area contributed by atoms with Crippen LogP contribution in [0.4, 0.5) is 9.18 Å². The molecule has 0 unspecified atom stereocenters. The Bertz CT molecular complexity index is 569. The molecular formula is C13H13FN2O3. The zero-order valence-electron chi connectivity index (χ0n) is 10.6. The maximum atomic E-state index is 13.5. The number of urea groups is 1. The summed E-state index contributed by atoms with van der Waals surface area (Å²) in [5.74, 6) is -1.78. The quantitative estimate of drug-likeness (QED) is 0.822. The van der Waals surface area contributed by atoms with Crippen molar-refractivity contribution < 1.29 is 18.8 Å². The van der Waals surface area contributed by atoms with Gasteiger partial charge in [-0.1, -0.05) is 18.2 Å². The largest absolute Gasteiger partial charge is 0.331 e. The number of hydrogen-bond acceptors (Lipinski definition) is 3. The monoisotopic (exact) mass is 264 g/mol. The first-order valence-electron chi connectivity index (χ1n) is 5.75. The molecule has 1 fully saturated rings. The number of rotatable bonds is 2. The fourth-order valence-electron chi connectivity index (χ4n) is 1.79. The van der Waals surface area contributed by atoms with Crippen LogP contribution in [0, 0.1) is 11.2 Å². The van der Waals surface area contributed by atoms with Crippen molar-refractivity contribution in [1.82, 2.24) is 10.2 Å². The third-order valence-electron chi connectivity index (χ3n) is 3.10. The molecule has 1 aliphatic rings. The van der Waals surface area contributed by atoms with Crippen LogP contribution in [0.5, 0.6) is 0 Å². The maximum absolute atomic E-state index is 13.5. The highest BCUT2D eigenvalue weighted by atomic mass is 19.1. The molecule has 19 heavy (non-hydrogen) atoms. The Morgan fingerprint density at radius 3 is 2.47 bits per heavy atom. The lowest BCUT2D eigenvalue weighted by Crippen LogP contribution is -2.61. The van der Waals surface area contributed by atoms with Crippen LogP contribution in [0.1, 0.15) is 19.4 Å². The van der Waals surface area contributed by atoms with Gasteiger partial charge in [-0.25, -0.2) is 9.18 Å². The molecule has 2 rings (SSSR count). The van der Waals surface area contributed by atoms with E-state index in [2.05, 4.69) is 5.32 Å². The van der Waals surface area contributed by atoms with Gasteiger partial charge in [0.2, 0.25) is 11.8 Å². The van der Waals surface area contributed by atoms with Gasteiger partial charge in [0.15, 0.2) is 0 Å². The van der Waals surface area contributed by atoms with Crippen LogP contribution in [-0.4, -0.2) is 22.7 Å². The molecule has 0 saturated carbocycles. The van der Waals surface area contributed by atoms with Crippen molar-refractivity contribution in [1.29, 1.82) is 0 Å². The number of halogens is 1. The number of amides is 4. The third-order valence-corrected chi connectivity index (χ3v) is 3.10. The second kappa shape index (κ2) is 4.46. The van der Waals surface area contributed by atoms with Gasteiger partial charge in [0.25, 0.3) is 0 Å². The Morgan fingerprint density at radius 1 is 1.21 bits per heavy atom. The molecule has 1 aromatic carbocycles. The van der Waals surface area contributed by atoms with Crippen LogP contribution >= 0.6 is 0 Å². The minimum Gasteiger partial charge on any atom is -0.277 e. The van der Waals surface area contributed by atoms with Gasteiger partial charge in [-0.05, 0) is 19.9 Å². The van der Waals surface area contributed by atoms with Gasteiger partial charge in [0, 0.05) is 5.56 Å². The van der Waals surface area contributed by atoms with Crippen LogP contribution in [0.15, 0.2) is 24.3 Å². The minimum absolute atomic E-state index is 0.200. The highest BCUT2D eigenvalue weighted by molar-refractivity contribution is 6.18. The second-order valence-electron chi connectivity index (χ2n) is 4.87. The molecule has 1 aliphatic heterocycles. The summed E-state index contributed by atoms with van der Waals surface area (Å²) >= 11 is 0. The van der Waals surface area contributed by atoms with Crippen LogP contribution in [-0.2, 0) is 16.1 Å². The summed E-state index contributed by atoms with van der Waals surface area (Å²) in [7, 11) is 0. The fraction of sp³-hybridized carbons (Fsp3) is 0.308. The lowest BCUT2D eigenvalue weighted by molar-refractivity contribution is -0.149. The van der Waals surface area contributed by atoms with E-state index in [4.69, 9.17) is 0 Å². The van der Waals surface area contributed by atoms with Gasteiger partial charge in [-0.3, -0.25) is 19.8 Å². The first kappa shape index (κ1) is 13.2. The van der Waals surface area contributed by atoms with E-state index in [1.807, 2.05) is 0 Å². The summed E-state index contributed by atoms with van der Waals surface area (Å²) in [5.41, 5.74) is -1.12. The van der Waals surface area contributed by atoms with E-state index < -0.39 is 29.1 Å². The van der Waals surface area contributed by atoms with Crippen molar-refractivity contribution in [2.24, 2.45) is 5.41 Å². The smallest absolute Gasteiger partial charge is 0.277 e. The van der Waals surface area contributed by atoms with Crippen LogP contribution in [0.3, 0.4) is 0 Å². The fourth-order valence-corrected chi connectivity index (χ4v) is 1.79. The topological polar surface area (TPSA) is 66.5 Å². The summed E-state index contributed by atoms with van der Waals surface area (Å²) in [6, 6.07) is 5.04. The Balaban J connectivity index is 2.30. The summed E-state index contributed by atoms with van der Waals surface area (Å²) in [4.78, 5) is 36.2. The number of barbiturate groups is 1. The molecule has 6 heteroatoms. The lowest BCUT2D eigenvalue weighted by atomic mass is 9.88. The number of hydrogen-bond donors (Lipinski definition) is 1. The van der Waals surface area contributed by atoms with E-state index in [0.717, 1.165) is 4.90 Å². The number of benzene rings is 1. The zero-order valence-corrected chi connectivity index (χ0v) is 10.6. The van der Waals surface area contributed by atoms with Crippen molar-refractivity contribution >= 4 is 17.8 Å². The van der Waals surface area contributed by atoms with Crippen LogP contribution < -0.4 is 5.32 Å². The van der Waals surface area contributed by atoms with Crippen LogP contribution in [0.25, 0.3) is 0 Å². The molecule has 5 nitrogen and oxygen atoms in total. The highest BCUT2D eigenvalue weighted by Gasteiger charge is 2.46. The predicted molar refractivity (Wildman–Crippen MR) is 64.3 cm³/mol. The Hall–Kier alpha value is -2.24. The normalized spacial score (nSPS) is 18.5. The number of imide groups is 2. The van der Waals surface area contributed by atoms with Gasteiger partial charge in [-0.2, -0.15) is 0 Å². The molecule has 0 radical (unpaired) electrons. The van der Waals surface area contributed by atoms with E-state index in [9.17, 15) is 18.8 Å². The number of nitrogens with one attached hydrogen (secondary N) is 1. The average molecular weight is 264 g/mol. The van der Waals surface area contributed by atoms with E-state index in [1.54, 1.807) is 6.07 Å². The highest BCUT2D eigenvalue weighted by Crippen LogP contribution is 2.25. The standard InChI is InChI=1S/C13H13FN2O3/c1-13(2)10(17)15-12(19)16(11(13)18)7-8-5-3-4-6-9(8)14/h3-6H,7H2,1-2H3,(H,15,17,19). The Labute approximate surface area is 109 Å². The SMILES string of the molecule is CC1(C)C(=O)NC(=O)N(Cc2ccccc2F)C1=O. The molecule has 1 saturated heterocycles. The molecule has 0 aromatic heterocycles. The van der Waals surface area contributed by atoms with Gasteiger partial charge < -0.3 is 0 Å². The van der Waals surface area contributed by atoms with Gasteiger partial charge in [0.1, 0.15) is 11.2 Å². The molecule has 0 atom stereocenters. The molecule has 4 amide bonds. The van der Waals surface area contributed by atoms with Crippen molar-refractivity contribution in [2.45, 2.75) is 20.4 Å². The molecule has 1 heterocycles. The summed E-state index contributed by atoms with van der Waals surface area (Å²) < 4.78 is 13.5. The lowest BCUT2D eigenvalue weighted by Gasteiger charge is -2.34.